The van der Waals surface area contributed by atoms with Crippen molar-refractivity contribution in [1.29, 1.82) is 0 Å². The van der Waals surface area contributed by atoms with Crippen molar-refractivity contribution >= 4 is 97.9 Å². The van der Waals surface area contributed by atoms with Gasteiger partial charge in [-0.05, 0) is 13.8 Å². The van der Waals surface area contributed by atoms with E-state index >= 15 is 0 Å². The van der Waals surface area contributed by atoms with Crippen LogP contribution >= 0.6 is 0 Å². The quantitative estimate of drug-likeness (QED) is 0.312. The van der Waals surface area contributed by atoms with Crippen LogP contribution in [0, 0.1) is 0 Å². The van der Waals surface area contributed by atoms with Crippen molar-refractivity contribution in [3.8, 4) is 0 Å². The fourth-order valence-electron chi connectivity index (χ4n) is 0.138. The first kappa shape index (κ1) is 26.8. The molecule has 0 amide bonds. The van der Waals surface area contributed by atoms with E-state index in [2.05, 4.69) is 5.37 Å². The summed E-state index contributed by atoms with van der Waals surface area (Å²) in [5.74, 6) is -2.92. The number of hydrogen-bond acceptors (Lipinski definition) is 8. The van der Waals surface area contributed by atoms with Crippen LogP contribution in [0.1, 0.15) is 27.7 Å². The molecule has 0 aromatic rings. The Kier molecular flexibility index (Phi) is 29.4. The maximum atomic E-state index is 10.1. The molecule has 0 atom stereocenters. The molecule has 0 aliphatic carbocycles. The smallest absolute Gasteiger partial charge is 2.00 e. The van der Waals surface area contributed by atoms with Crippen LogP contribution in [0.25, 0.3) is 0 Å². The molecule has 0 aromatic heterocycles. The van der Waals surface area contributed by atoms with Gasteiger partial charge in [-0.1, -0.05) is 0 Å². The number of rotatable bonds is 2. The first-order chi connectivity index (χ1) is 7.59. The molecule has 0 N–H and O–H groups in total. The van der Waals surface area contributed by atoms with Crippen molar-refractivity contribution in [2.75, 3.05) is 0 Å². The molecule has 8 nitrogen and oxygen atoms in total. The van der Waals surface area contributed by atoms with Crippen LogP contribution < -0.4 is 10.2 Å². The first-order valence-electron chi connectivity index (χ1n) is 4.04. The number of aliphatic carboxylic acids is 2. The van der Waals surface area contributed by atoms with Crippen LogP contribution in [0.3, 0.4) is 0 Å². The van der Waals surface area contributed by atoms with Gasteiger partial charge in [0.2, 0.25) is 0 Å². The van der Waals surface area contributed by atoms with Gasteiger partial charge in [-0.2, -0.15) is 0 Å². The molecular formula is C8H12BaO8Pb. The zero-order valence-corrected chi connectivity index (χ0v) is 18.8. The second-order valence-corrected chi connectivity index (χ2v) is 4.49. The predicted octanol–water partition coefficient (Wildman–Crippen LogP) is -3.22. The van der Waals surface area contributed by atoms with Gasteiger partial charge in [0.15, 0.2) is 0 Å². The van der Waals surface area contributed by atoms with E-state index in [0.29, 0.717) is 0 Å². The predicted molar refractivity (Wildman–Crippen MR) is 56.4 cm³/mol. The summed E-state index contributed by atoms with van der Waals surface area (Å²) < 4.78 is 8.93. The van der Waals surface area contributed by atoms with Gasteiger partial charge in [0, 0.05) is 11.9 Å². The minimum absolute atomic E-state index is 0. The maximum absolute atomic E-state index is 10.1. The molecule has 0 fully saturated rings. The second-order valence-electron chi connectivity index (χ2n) is 2.25. The zero-order valence-electron chi connectivity index (χ0n) is 10.5. The van der Waals surface area contributed by atoms with E-state index in [1.807, 2.05) is 0 Å². The summed E-state index contributed by atoms with van der Waals surface area (Å²) in [6, 6.07) is 0. The average Bonchev–Trinajstić information content (AvgIpc) is 1.99. The van der Waals surface area contributed by atoms with E-state index in [1.54, 1.807) is 0 Å². The van der Waals surface area contributed by atoms with Crippen LogP contribution in [0.2, 0.25) is 0 Å². The largest absolute Gasteiger partial charge is 2.00 e. The number of carbonyl (C=O) groups is 4. The summed E-state index contributed by atoms with van der Waals surface area (Å²) >= 11 is -1.82. The van der Waals surface area contributed by atoms with E-state index in [9.17, 15) is 9.59 Å². The normalized spacial score (nSPS) is 6.89. The Labute approximate surface area is 158 Å². The summed E-state index contributed by atoms with van der Waals surface area (Å²) in [5.41, 5.74) is 0. The third-order valence-electron chi connectivity index (χ3n) is 0.371. The molecule has 98 valence electrons. The molecule has 0 spiro atoms. The van der Waals surface area contributed by atoms with Crippen molar-refractivity contribution in [3.63, 3.8) is 0 Å². The van der Waals surface area contributed by atoms with Crippen LogP contribution in [-0.2, 0) is 24.6 Å². The average molecular weight is 581 g/mol. The van der Waals surface area contributed by atoms with Gasteiger partial charge in [0.25, 0.3) is 0 Å². The molecule has 0 rings (SSSR count). The molecular weight excluding hydrogens is 569 g/mol. The topological polar surface area (TPSA) is 133 Å². The zero-order chi connectivity index (χ0) is 14.4. The SMILES string of the molecule is CC(=O)[O-].CC(=O)[O-].CC(=O)[O][Pb][O]C(C)=O.[Ba+2]. The van der Waals surface area contributed by atoms with Gasteiger partial charge in [-0.3, -0.25) is 0 Å². The fourth-order valence-corrected chi connectivity index (χ4v) is 1.21. The van der Waals surface area contributed by atoms with Gasteiger partial charge >= 0.3 is 115 Å². The van der Waals surface area contributed by atoms with Gasteiger partial charge in [-0.25, -0.2) is 0 Å². The Morgan fingerprint density at radius 1 is 0.778 bits per heavy atom. The van der Waals surface area contributed by atoms with E-state index in [-0.39, 0.29) is 60.8 Å². The van der Waals surface area contributed by atoms with Gasteiger partial charge in [0.05, 0.1) is 0 Å². The number of carbonyl (C=O) groups excluding carboxylic acids is 4. The van der Waals surface area contributed by atoms with Crippen LogP contribution in [0.4, 0.5) is 0 Å². The van der Waals surface area contributed by atoms with E-state index in [0.717, 1.165) is 13.8 Å². The molecule has 0 aromatic carbocycles. The van der Waals surface area contributed by atoms with Crippen LogP contribution in [-0.4, -0.2) is 97.9 Å². The Balaban J connectivity index is -0.0000000922. The monoisotopic (exact) mass is 582 g/mol. The van der Waals surface area contributed by atoms with Crippen LogP contribution in [0.15, 0.2) is 0 Å². The molecule has 18 heavy (non-hydrogen) atoms. The van der Waals surface area contributed by atoms with E-state index in [1.165, 1.54) is 13.8 Å². The Morgan fingerprint density at radius 3 is 1.06 bits per heavy atom. The minimum Gasteiger partial charge on any atom is 2.00 e. The maximum Gasteiger partial charge on any atom is 2.00 e. The summed E-state index contributed by atoms with van der Waals surface area (Å²) in [6.07, 6.45) is 0. The number of carboxylic acid groups (broad SMARTS) is 2. The summed E-state index contributed by atoms with van der Waals surface area (Å²) in [6.45, 7) is 4.52. The third kappa shape index (κ3) is 95.3. The molecule has 0 bridgehead atoms. The summed E-state index contributed by atoms with van der Waals surface area (Å²) in [7, 11) is 0. The molecule has 0 saturated heterocycles. The Morgan fingerprint density at radius 2 is 0.944 bits per heavy atom. The van der Waals surface area contributed by atoms with Crippen molar-refractivity contribution in [3.05, 3.63) is 0 Å². The molecule has 0 saturated carbocycles. The van der Waals surface area contributed by atoms with E-state index < -0.39 is 37.1 Å². The van der Waals surface area contributed by atoms with Crippen molar-refractivity contribution in [2.45, 2.75) is 27.7 Å². The summed E-state index contributed by atoms with van der Waals surface area (Å²) in [5, 5.41) is 17.8. The van der Waals surface area contributed by atoms with Gasteiger partial charge in [-0.15, -0.1) is 0 Å². The first-order valence-corrected chi connectivity index (χ1v) is 7.22. The van der Waals surface area contributed by atoms with Crippen molar-refractivity contribution < 1.29 is 34.8 Å². The molecule has 0 heterocycles. The summed E-state index contributed by atoms with van der Waals surface area (Å²) in [4.78, 5) is 37.9. The van der Waals surface area contributed by atoms with Crippen molar-refractivity contribution in [2.24, 2.45) is 0 Å². The van der Waals surface area contributed by atoms with Crippen LogP contribution in [0.5, 0.6) is 0 Å². The van der Waals surface area contributed by atoms with Gasteiger partial charge < -0.3 is 19.8 Å². The number of hydrogen-bond donors (Lipinski definition) is 0. The molecule has 2 radical (unpaired) electrons. The Bertz CT molecular complexity index is 234. The number of carboxylic acids is 2. The standard InChI is InChI=1S/4C2H4O2.Ba.Pb/c4*1-2(3)4;;/h4*1H3,(H,3,4);;/q;;;;2*+2/p-4. The van der Waals surface area contributed by atoms with Crippen molar-refractivity contribution in [1.82, 2.24) is 0 Å². The van der Waals surface area contributed by atoms with E-state index in [4.69, 9.17) is 19.8 Å². The van der Waals surface area contributed by atoms with Gasteiger partial charge in [0.1, 0.15) is 0 Å². The molecule has 10 heteroatoms. The minimum atomic E-state index is -1.82. The fraction of sp³-hybridized carbons (Fsp3) is 0.500. The second kappa shape index (κ2) is 19.7. The Hall–Kier alpha value is 0.374. The molecule has 0 aliphatic heterocycles. The third-order valence-corrected chi connectivity index (χ3v) is 3.25. The molecule has 0 aliphatic rings. The molecule has 0 unspecified atom stereocenters.